The number of nitrogens with one attached hydrogen (secondary N) is 1. The third-order valence-corrected chi connectivity index (χ3v) is 8.38. The topological polar surface area (TPSA) is 130 Å². The first kappa shape index (κ1) is 26.9. The number of carbonyl (C=O) groups is 2. The number of sulfonamides is 1. The van der Waals surface area contributed by atoms with Crippen molar-refractivity contribution in [3.05, 3.63) is 53.6 Å². The van der Waals surface area contributed by atoms with E-state index in [9.17, 15) is 35.2 Å². The molecule has 37 heavy (non-hydrogen) atoms. The van der Waals surface area contributed by atoms with E-state index < -0.39 is 66.3 Å². The number of hydrogen-bond donors (Lipinski definition) is 1. The summed E-state index contributed by atoms with van der Waals surface area (Å²) in [4.78, 5) is 32.4. The van der Waals surface area contributed by atoms with Crippen LogP contribution in [0.4, 0.5) is 20.2 Å². The van der Waals surface area contributed by atoms with Gasteiger partial charge in [0, 0.05) is 23.9 Å². The van der Waals surface area contributed by atoms with Crippen LogP contribution in [0.3, 0.4) is 0 Å². The van der Waals surface area contributed by atoms with Gasteiger partial charge >= 0.3 is 0 Å². The Labute approximate surface area is 213 Å². The van der Waals surface area contributed by atoms with Gasteiger partial charge in [-0.05, 0) is 29.7 Å². The van der Waals surface area contributed by atoms with E-state index in [4.69, 9.17) is 0 Å². The number of halogens is 2. The Kier molecular flexibility index (Phi) is 6.52. The van der Waals surface area contributed by atoms with E-state index in [1.54, 1.807) is 20.8 Å². The maximum absolute atomic E-state index is 14.4. The van der Waals surface area contributed by atoms with Gasteiger partial charge in [0.15, 0.2) is 15.6 Å². The fourth-order valence-corrected chi connectivity index (χ4v) is 6.74. The molecule has 2 aliphatic heterocycles. The van der Waals surface area contributed by atoms with Gasteiger partial charge in [-0.25, -0.2) is 25.6 Å². The molecule has 2 aromatic rings. The number of sulfone groups is 1. The molecule has 9 nitrogen and oxygen atoms in total. The van der Waals surface area contributed by atoms with E-state index in [0.29, 0.717) is 6.07 Å². The van der Waals surface area contributed by atoms with Gasteiger partial charge in [0.25, 0.3) is 0 Å². The second-order valence-electron chi connectivity index (χ2n) is 10.2. The van der Waals surface area contributed by atoms with Crippen LogP contribution in [-0.4, -0.2) is 57.2 Å². The van der Waals surface area contributed by atoms with Crippen LogP contribution in [0.15, 0.2) is 46.3 Å². The monoisotopic (exact) mass is 553 g/mol. The van der Waals surface area contributed by atoms with Crippen molar-refractivity contribution in [2.45, 2.75) is 38.3 Å². The maximum atomic E-state index is 14.4. The summed E-state index contributed by atoms with van der Waals surface area (Å²) in [5.41, 5.74) is -0.946. The predicted molar refractivity (Wildman–Crippen MR) is 133 cm³/mol. The Morgan fingerprint density at radius 1 is 1.11 bits per heavy atom. The van der Waals surface area contributed by atoms with E-state index in [0.717, 1.165) is 18.4 Å². The van der Waals surface area contributed by atoms with E-state index >= 15 is 0 Å². The summed E-state index contributed by atoms with van der Waals surface area (Å²) in [6.07, 6.45) is 0.920. The normalized spacial score (nSPS) is 21.6. The predicted octanol–water partition coefficient (Wildman–Crippen LogP) is 2.84. The molecule has 2 atom stereocenters. The Balaban J connectivity index is 1.75. The molecule has 0 radical (unpaired) electrons. The molecular formula is C24H25F2N3O6S2. The lowest BCUT2D eigenvalue weighted by molar-refractivity contribution is -0.132. The molecule has 1 N–H and O–H groups in total. The number of fused-ring (bicyclic) bond motifs is 1. The molecule has 0 saturated carbocycles. The molecular weight excluding hydrogens is 528 g/mol. The summed E-state index contributed by atoms with van der Waals surface area (Å²) in [5, 5.41) is 0. The van der Waals surface area contributed by atoms with E-state index in [1.165, 1.54) is 23.1 Å². The van der Waals surface area contributed by atoms with Gasteiger partial charge in [0.1, 0.15) is 17.6 Å². The zero-order valence-corrected chi connectivity index (χ0v) is 22.1. The van der Waals surface area contributed by atoms with Gasteiger partial charge in [0.05, 0.1) is 34.3 Å². The van der Waals surface area contributed by atoms with Crippen molar-refractivity contribution in [1.82, 2.24) is 4.90 Å². The van der Waals surface area contributed by atoms with E-state index in [1.807, 2.05) is 0 Å². The first-order valence-electron chi connectivity index (χ1n) is 11.2. The van der Waals surface area contributed by atoms with Crippen LogP contribution < -0.4 is 4.72 Å². The molecule has 198 valence electrons. The fourth-order valence-electron chi connectivity index (χ4n) is 4.67. The minimum Gasteiger partial charge on any atom is -0.327 e. The number of ketones is 1. The molecule has 0 spiro atoms. The maximum Gasteiger partial charge on any atom is 0.239 e. The second-order valence-corrected chi connectivity index (χ2v) is 13.9. The second kappa shape index (κ2) is 8.98. The highest BCUT2D eigenvalue weighted by Gasteiger charge is 2.54. The van der Waals surface area contributed by atoms with Crippen molar-refractivity contribution in [2.75, 3.05) is 16.7 Å². The zero-order valence-electron chi connectivity index (χ0n) is 20.4. The van der Waals surface area contributed by atoms with E-state index in [-0.39, 0.29) is 34.1 Å². The van der Waals surface area contributed by atoms with Gasteiger partial charge in [-0.1, -0.05) is 26.8 Å². The van der Waals surface area contributed by atoms with Gasteiger partial charge in [-0.2, -0.15) is 0 Å². The molecule has 1 amide bonds. The lowest BCUT2D eigenvalue weighted by Crippen LogP contribution is -2.44. The highest BCUT2D eigenvalue weighted by molar-refractivity contribution is 7.92. The minimum absolute atomic E-state index is 0.00639. The average molecular weight is 554 g/mol. The summed E-state index contributed by atoms with van der Waals surface area (Å²) in [6, 6.07) is 5.65. The molecule has 2 aromatic carbocycles. The number of rotatable bonds is 5. The highest BCUT2D eigenvalue weighted by Crippen LogP contribution is 2.39. The highest BCUT2D eigenvalue weighted by atomic mass is 32.2. The van der Waals surface area contributed by atoms with Crippen molar-refractivity contribution in [3.63, 3.8) is 0 Å². The summed E-state index contributed by atoms with van der Waals surface area (Å²) >= 11 is 0. The molecule has 1 unspecified atom stereocenters. The largest absolute Gasteiger partial charge is 0.327 e. The molecule has 1 saturated heterocycles. The van der Waals surface area contributed by atoms with Gasteiger partial charge in [0.2, 0.25) is 15.9 Å². The molecule has 2 aliphatic rings. The van der Waals surface area contributed by atoms with Crippen LogP contribution in [0, 0.1) is 23.0 Å². The lowest BCUT2D eigenvalue weighted by atomic mass is 9.82. The number of likely N-dealkylation sites (tertiary alicyclic amines) is 1. The molecule has 0 bridgehead atoms. The van der Waals surface area contributed by atoms with Crippen molar-refractivity contribution in [2.24, 2.45) is 16.3 Å². The quantitative estimate of drug-likeness (QED) is 0.567. The van der Waals surface area contributed by atoms with Gasteiger partial charge < -0.3 is 4.90 Å². The molecule has 13 heteroatoms. The number of aliphatic imine (C=N–C) groups is 1. The number of carbonyl (C=O) groups excluding carboxylic acids is 2. The average Bonchev–Trinajstić information content (AvgIpc) is 2.98. The Hall–Kier alpha value is -3.19. The lowest BCUT2D eigenvalue weighted by Gasteiger charge is -2.33. The fraction of sp³-hybridized carbons (Fsp3) is 0.375. The SMILES string of the molecule is CC(C)(C)[C@H]1C(=O)C(C2=Nc3ccc(NS(C)(=O)=O)cc3S(=O)(=O)C2)C(=O)N1Cc1ccc(F)cc1F. The number of hydrogen-bond acceptors (Lipinski definition) is 7. The van der Waals surface area contributed by atoms with Gasteiger partial charge in [-0.3, -0.25) is 19.3 Å². The summed E-state index contributed by atoms with van der Waals surface area (Å²) in [6.45, 7) is 4.87. The molecule has 4 rings (SSSR count). The van der Waals surface area contributed by atoms with Gasteiger partial charge in [-0.15, -0.1) is 0 Å². The third kappa shape index (κ3) is 5.28. The Bertz CT molecular complexity index is 1560. The summed E-state index contributed by atoms with van der Waals surface area (Å²) in [7, 11) is -7.74. The number of Topliss-reactive ketones (excluding diaryl/α,β-unsaturated/α-hetero) is 1. The molecule has 2 heterocycles. The standard InChI is InChI=1S/C24H25F2N3O6S2/c1-24(2,3)22-21(30)20(23(31)29(22)11-13-5-6-14(25)9-16(13)26)18-12-37(34,35)19-10-15(28-36(4,32)33)7-8-17(19)27-18/h5-10,20,22,28H,11-12H2,1-4H3/t20?,22-/m1/s1. The van der Waals surface area contributed by atoms with Crippen molar-refractivity contribution < 1.29 is 35.2 Å². The first-order valence-corrected chi connectivity index (χ1v) is 14.7. The Morgan fingerprint density at radius 3 is 2.38 bits per heavy atom. The molecule has 0 aliphatic carbocycles. The van der Waals surface area contributed by atoms with Crippen LogP contribution in [0.25, 0.3) is 0 Å². The number of amides is 1. The Morgan fingerprint density at radius 2 is 1.78 bits per heavy atom. The smallest absolute Gasteiger partial charge is 0.239 e. The minimum atomic E-state index is -4.08. The third-order valence-electron chi connectivity index (χ3n) is 6.11. The number of anilines is 1. The van der Waals surface area contributed by atoms with E-state index in [2.05, 4.69) is 9.71 Å². The first-order chi connectivity index (χ1) is 17.0. The van der Waals surface area contributed by atoms with Crippen LogP contribution >= 0.6 is 0 Å². The zero-order chi connectivity index (χ0) is 27.5. The number of nitrogens with zero attached hydrogens (tertiary/aromatic N) is 2. The van der Waals surface area contributed by atoms with Crippen LogP contribution in [0.5, 0.6) is 0 Å². The molecule has 0 aromatic heterocycles. The van der Waals surface area contributed by atoms with Crippen molar-refractivity contribution in [3.8, 4) is 0 Å². The van der Waals surface area contributed by atoms with Crippen molar-refractivity contribution >= 4 is 48.6 Å². The van der Waals surface area contributed by atoms with Crippen LogP contribution in [0.2, 0.25) is 0 Å². The van der Waals surface area contributed by atoms with Crippen LogP contribution in [-0.2, 0) is 36.0 Å². The van der Waals surface area contributed by atoms with Crippen LogP contribution in [0.1, 0.15) is 26.3 Å². The summed E-state index contributed by atoms with van der Waals surface area (Å²) in [5.74, 6) is -5.16. The molecule has 1 fully saturated rings. The van der Waals surface area contributed by atoms with Crippen molar-refractivity contribution in [1.29, 1.82) is 0 Å². The number of benzene rings is 2. The summed E-state index contributed by atoms with van der Waals surface area (Å²) < 4.78 is 79.3.